The molecule has 4 amide bonds. The maximum Gasteiger partial charge on any atom is 0.408 e. The fourth-order valence-electron chi connectivity index (χ4n) is 6.47. The van der Waals surface area contributed by atoms with E-state index in [2.05, 4.69) is 29.8 Å². The van der Waals surface area contributed by atoms with Crippen LogP contribution in [0.2, 0.25) is 0 Å². The van der Waals surface area contributed by atoms with Crippen LogP contribution in [0, 0.1) is 17.3 Å². The Labute approximate surface area is 238 Å². The van der Waals surface area contributed by atoms with Gasteiger partial charge in [0.1, 0.15) is 17.7 Å². The van der Waals surface area contributed by atoms with Crippen LogP contribution in [-0.4, -0.2) is 70.8 Å². The fourth-order valence-corrected chi connectivity index (χ4v) is 6.47. The highest BCUT2D eigenvalue weighted by atomic mass is 16.6. The van der Waals surface area contributed by atoms with Crippen LogP contribution in [0.5, 0.6) is 0 Å². The molecule has 3 N–H and O–H groups in total. The molecule has 0 aromatic rings. The predicted molar refractivity (Wildman–Crippen MR) is 149 cm³/mol. The summed E-state index contributed by atoms with van der Waals surface area (Å²) in [6.07, 6.45) is 8.34. The van der Waals surface area contributed by atoms with E-state index in [4.69, 9.17) is 4.74 Å². The van der Waals surface area contributed by atoms with Gasteiger partial charge in [0.2, 0.25) is 17.6 Å². The molecule has 5 atom stereocenters. The first-order valence-corrected chi connectivity index (χ1v) is 15.2. The third-order valence-corrected chi connectivity index (χ3v) is 9.00. The molecule has 4 fully saturated rings. The van der Waals surface area contributed by atoms with Gasteiger partial charge in [-0.05, 0) is 63.7 Å². The van der Waals surface area contributed by atoms with Crippen molar-refractivity contribution in [2.75, 3.05) is 6.54 Å². The molecule has 0 aromatic heterocycles. The molecule has 2 aliphatic carbocycles. The van der Waals surface area contributed by atoms with Crippen LogP contribution in [0.4, 0.5) is 4.79 Å². The van der Waals surface area contributed by atoms with Gasteiger partial charge in [-0.15, -0.1) is 0 Å². The summed E-state index contributed by atoms with van der Waals surface area (Å²) in [6.45, 7) is 9.92. The summed E-state index contributed by atoms with van der Waals surface area (Å²) >= 11 is 0. The summed E-state index contributed by atoms with van der Waals surface area (Å²) < 4.78 is 5.44. The summed E-state index contributed by atoms with van der Waals surface area (Å²) in [7, 11) is 0. The second-order valence-electron chi connectivity index (χ2n) is 13.8. The lowest BCUT2D eigenvalue weighted by atomic mass is 9.96. The van der Waals surface area contributed by atoms with E-state index in [-0.39, 0.29) is 29.2 Å². The highest BCUT2D eigenvalue weighted by molar-refractivity contribution is 6.38. The number of hydrogen-bond acceptors (Lipinski definition) is 6. The van der Waals surface area contributed by atoms with E-state index in [1.807, 2.05) is 0 Å². The summed E-state index contributed by atoms with van der Waals surface area (Å²) in [5.74, 6) is -1.85. The molecule has 2 saturated carbocycles. The van der Waals surface area contributed by atoms with E-state index < -0.39 is 47.4 Å². The van der Waals surface area contributed by atoms with Crippen LogP contribution < -0.4 is 16.0 Å². The molecule has 10 nitrogen and oxygen atoms in total. The van der Waals surface area contributed by atoms with Crippen LogP contribution in [-0.2, 0) is 23.9 Å². The fraction of sp³-hybridized carbons (Fsp3) is 0.833. The Balaban J connectivity index is 1.55. The van der Waals surface area contributed by atoms with E-state index in [9.17, 15) is 24.0 Å². The second kappa shape index (κ2) is 12.1. The second-order valence-corrected chi connectivity index (χ2v) is 13.8. The number of piperidine rings is 1. The summed E-state index contributed by atoms with van der Waals surface area (Å²) in [6, 6.07) is -2.44. The van der Waals surface area contributed by atoms with Crippen LogP contribution in [0.15, 0.2) is 0 Å². The molecule has 2 aliphatic heterocycles. The molecule has 10 heteroatoms. The number of alkyl carbamates (subject to hydrolysis) is 1. The first kappa shape index (κ1) is 30.3. The average molecular weight is 561 g/mol. The third-order valence-electron chi connectivity index (χ3n) is 9.00. The molecule has 40 heavy (non-hydrogen) atoms. The van der Waals surface area contributed by atoms with Crippen LogP contribution in [0.25, 0.3) is 0 Å². The van der Waals surface area contributed by atoms with Crippen molar-refractivity contribution < 1.29 is 28.7 Å². The number of ether oxygens (including phenoxy) is 1. The topological polar surface area (TPSA) is 134 Å². The summed E-state index contributed by atoms with van der Waals surface area (Å²) in [5.41, 5.74) is -0.822. The molecule has 0 aromatic carbocycles. The normalized spacial score (nSPS) is 31.3. The Kier molecular flexibility index (Phi) is 9.15. The number of nitrogens with zero attached hydrogens (tertiary/aromatic N) is 1. The number of hydrogen-bond donors (Lipinski definition) is 3. The molecular weight excluding hydrogens is 512 g/mol. The van der Waals surface area contributed by atoms with Crippen molar-refractivity contribution in [2.45, 2.75) is 135 Å². The predicted octanol–water partition coefficient (Wildman–Crippen LogP) is 3.22. The molecule has 0 bridgehead atoms. The minimum atomic E-state index is -0.923. The van der Waals surface area contributed by atoms with Gasteiger partial charge in [0.15, 0.2) is 0 Å². The van der Waals surface area contributed by atoms with Gasteiger partial charge in [0.05, 0.1) is 6.04 Å². The molecule has 0 spiro atoms. The number of carbonyl (C=O) groups excluding carboxylic acids is 5. The number of amides is 4. The van der Waals surface area contributed by atoms with Gasteiger partial charge in [-0.3, -0.25) is 19.2 Å². The van der Waals surface area contributed by atoms with Crippen molar-refractivity contribution in [1.82, 2.24) is 20.9 Å². The van der Waals surface area contributed by atoms with E-state index in [0.29, 0.717) is 19.4 Å². The molecular formula is C30H48N4O6. The number of rotatable bonds is 4. The lowest BCUT2D eigenvalue weighted by Crippen LogP contribution is -2.58. The number of carbonyl (C=O) groups is 5. The number of Topliss-reactive ketones (excluding diaryl/α,β-unsaturated/α-hetero) is 1. The molecule has 224 valence electrons. The first-order valence-electron chi connectivity index (χ1n) is 15.2. The minimum Gasteiger partial charge on any atom is -0.444 e. The van der Waals surface area contributed by atoms with Crippen molar-refractivity contribution in [3.8, 4) is 0 Å². The zero-order chi connectivity index (χ0) is 29.2. The minimum absolute atomic E-state index is 0.0451. The zero-order valence-corrected chi connectivity index (χ0v) is 24.8. The SMILES string of the molecule is CC(C)(C)OC(=O)N[C@H]1CCCCCCCCC[C@@H](C(=O)C(=O)NC2CC2)NC(=O)[C@@H]2[C@@H]3[C@H](CN2C1=O)C3(C)C. The van der Waals surface area contributed by atoms with E-state index in [0.717, 1.165) is 57.8 Å². The maximum absolute atomic E-state index is 13.9. The monoisotopic (exact) mass is 560 g/mol. The van der Waals surface area contributed by atoms with Gasteiger partial charge in [0, 0.05) is 12.6 Å². The van der Waals surface area contributed by atoms with Gasteiger partial charge in [-0.25, -0.2) is 4.79 Å². The third kappa shape index (κ3) is 7.35. The van der Waals surface area contributed by atoms with Crippen molar-refractivity contribution in [2.24, 2.45) is 17.3 Å². The van der Waals surface area contributed by atoms with Crippen molar-refractivity contribution in [3.63, 3.8) is 0 Å². The largest absolute Gasteiger partial charge is 0.444 e. The standard InChI is InChI=1S/C30H48N4O6/c1-29(2,3)40-28(39)33-21-14-12-10-8-6-7-9-11-13-20(24(35)26(37)31-18-15-16-18)32-25(36)23-22-19(30(22,4)5)17-34(23)27(21)38/h18-23H,6-17H2,1-5H3,(H,31,37)(H,32,36)(H,33,39)/t19-,20-,21-,22-,23-/m0/s1. The lowest BCUT2D eigenvalue weighted by Gasteiger charge is -2.34. The Morgan fingerprint density at radius 1 is 0.900 bits per heavy atom. The summed E-state index contributed by atoms with van der Waals surface area (Å²) in [5, 5.41) is 8.42. The van der Waals surface area contributed by atoms with Crippen molar-refractivity contribution in [3.05, 3.63) is 0 Å². The van der Waals surface area contributed by atoms with Gasteiger partial charge < -0.3 is 25.6 Å². The molecule has 4 aliphatic rings. The van der Waals surface area contributed by atoms with Gasteiger partial charge in [0.25, 0.3) is 5.91 Å². The molecule has 0 unspecified atom stereocenters. The van der Waals surface area contributed by atoms with Crippen LogP contribution >= 0.6 is 0 Å². The number of ketones is 1. The van der Waals surface area contributed by atoms with E-state index in [1.54, 1.807) is 25.7 Å². The Morgan fingerprint density at radius 2 is 1.50 bits per heavy atom. The average Bonchev–Trinajstić information content (AvgIpc) is 3.70. The van der Waals surface area contributed by atoms with Gasteiger partial charge in [-0.1, -0.05) is 58.8 Å². The first-order chi connectivity index (χ1) is 18.8. The highest BCUT2D eigenvalue weighted by Crippen LogP contribution is 2.65. The number of nitrogens with one attached hydrogen (secondary N) is 3. The quantitative estimate of drug-likeness (QED) is 0.452. The van der Waals surface area contributed by atoms with E-state index in [1.165, 1.54) is 0 Å². The Bertz CT molecular complexity index is 1000. The Hall–Kier alpha value is -2.65. The highest BCUT2D eigenvalue weighted by Gasteiger charge is 2.69. The lowest BCUT2D eigenvalue weighted by molar-refractivity contribution is -0.144. The van der Waals surface area contributed by atoms with Crippen molar-refractivity contribution in [1.29, 1.82) is 0 Å². The maximum atomic E-state index is 13.9. The molecule has 2 heterocycles. The smallest absolute Gasteiger partial charge is 0.408 e. The molecule has 4 rings (SSSR count). The zero-order valence-electron chi connectivity index (χ0n) is 24.8. The van der Waals surface area contributed by atoms with Crippen molar-refractivity contribution >= 4 is 29.6 Å². The molecule has 0 radical (unpaired) electrons. The van der Waals surface area contributed by atoms with Crippen LogP contribution in [0.1, 0.15) is 105 Å². The van der Waals surface area contributed by atoms with Gasteiger partial charge >= 0.3 is 6.09 Å². The van der Waals surface area contributed by atoms with Crippen LogP contribution in [0.3, 0.4) is 0 Å². The van der Waals surface area contributed by atoms with Gasteiger partial charge in [-0.2, -0.15) is 0 Å². The Morgan fingerprint density at radius 3 is 2.10 bits per heavy atom. The molecule has 2 saturated heterocycles. The number of fused-ring (bicyclic) bond motifs is 3. The summed E-state index contributed by atoms with van der Waals surface area (Å²) in [4.78, 5) is 67.8. The van der Waals surface area contributed by atoms with E-state index >= 15 is 0 Å².